The average molecular weight is 354 g/mol. The molecule has 0 aromatic heterocycles. The van der Waals surface area contributed by atoms with Crippen LogP contribution in [0.4, 0.5) is 0 Å². The van der Waals surface area contributed by atoms with Crippen LogP contribution in [-0.2, 0) is 9.59 Å². The van der Waals surface area contributed by atoms with Crippen molar-refractivity contribution in [3.63, 3.8) is 0 Å². The summed E-state index contributed by atoms with van der Waals surface area (Å²) in [6, 6.07) is 9.86. The van der Waals surface area contributed by atoms with E-state index in [-0.39, 0.29) is 42.1 Å². The fourth-order valence-electron chi connectivity index (χ4n) is 2.90. The number of piperidine rings is 1. The number of rotatable bonds is 5. The SMILES string of the molecule is CC(C)C(=O)NC1CCN(C(=O)C(CN)c2ccccc2)CC1.Cl. The van der Waals surface area contributed by atoms with Crippen LogP contribution in [-0.4, -0.2) is 42.4 Å². The van der Waals surface area contributed by atoms with Crippen LogP contribution in [0.2, 0.25) is 0 Å². The molecule has 1 aliphatic heterocycles. The lowest BCUT2D eigenvalue weighted by Crippen LogP contribution is -2.49. The van der Waals surface area contributed by atoms with E-state index in [1.165, 1.54) is 0 Å². The molecular weight excluding hydrogens is 326 g/mol. The standard InChI is InChI=1S/C18H27N3O2.ClH/c1-13(2)17(22)20-15-8-10-21(11-9-15)18(23)16(12-19)14-6-4-3-5-7-14;/h3-7,13,15-16H,8-12,19H2,1-2H3,(H,20,22);1H. The quantitative estimate of drug-likeness (QED) is 0.849. The van der Waals surface area contributed by atoms with E-state index >= 15 is 0 Å². The van der Waals surface area contributed by atoms with E-state index in [0.29, 0.717) is 19.6 Å². The number of hydrogen-bond acceptors (Lipinski definition) is 3. The minimum absolute atomic E-state index is 0. The first kappa shape index (κ1) is 20.5. The topological polar surface area (TPSA) is 75.4 Å². The van der Waals surface area contributed by atoms with Gasteiger partial charge in [0.15, 0.2) is 0 Å². The molecule has 3 N–H and O–H groups in total. The van der Waals surface area contributed by atoms with Gasteiger partial charge in [-0.25, -0.2) is 0 Å². The highest BCUT2D eigenvalue weighted by Gasteiger charge is 2.29. The Morgan fingerprint density at radius 3 is 2.29 bits per heavy atom. The number of nitrogens with zero attached hydrogens (tertiary/aromatic N) is 1. The maximum atomic E-state index is 12.7. The minimum atomic E-state index is -0.280. The minimum Gasteiger partial charge on any atom is -0.353 e. The number of carbonyl (C=O) groups excluding carboxylic acids is 2. The Hall–Kier alpha value is -1.59. The van der Waals surface area contributed by atoms with Crippen molar-refractivity contribution in [2.45, 2.75) is 38.6 Å². The first-order chi connectivity index (χ1) is 11.0. The van der Waals surface area contributed by atoms with Crippen molar-refractivity contribution >= 4 is 24.2 Å². The van der Waals surface area contributed by atoms with Gasteiger partial charge in [0.05, 0.1) is 5.92 Å². The maximum absolute atomic E-state index is 12.7. The molecule has 6 heteroatoms. The molecule has 1 aliphatic rings. The Balaban J connectivity index is 0.00000288. The number of nitrogens with one attached hydrogen (secondary N) is 1. The molecule has 1 saturated heterocycles. The Kier molecular flexibility index (Phi) is 8.22. The largest absolute Gasteiger partial charge is 0.353 e. The van der Waals surface area contributed by atoms with E-state index in [1.807, 2.05) is 49.1 Å². The Morgan fingerprint density at radius 1 is 1.21 bits per heavy atom. The van der Waals surface area contributed by atoms with Crippen LogP contribution in [0.3, 0.4) is 0 Å². The third kappa shape index (κ3) is 5.21. The number of likely N-dealkylation sites (tertiary alicyclic amines) is 1. The van der Waals surface area contributed by atoms with Crippen molar-refractivity contribution in [3.05, 3.63) is 35.9 Å². The predicted octanol–water partition coefficient (Wildman–Crippen LogP) is 1.91. The summed E-state index contributed by atoms with van der Waals surface area (Å²) in [4.78, 5) is 26.4. The zero-order valence-electron chi connectivity index (χ0n) is 14.4. The molecule has 1 aromatic rings. The number of nitrogens with two attached hydrogens (primary N) is 1. The van der Waals surface area contributed by atoms with Crippen LogP contribution < -0.4 is 11.1 Å². The zero-order chi connectivity index (χ0) is 16.8. The summed E-state index contributed by atoms with van der Waals surface area (Å²) in [7, 11) is 0. The van der Waals surface area contributed by atoms with Crippen LogP contribution in [0.5, 0.6) is 0 Å². The molecular formula is C18H28ClN3O2. The third-order valence-corrected chi connectivity index (χ3v) is 4.41. The third-order valence-electron chi connectivity index (χ3n) is 4.41. The Morgan fingerprint density at radius 2 is 1.79 bits per heavy atom. The highest BCUT2D eigenvalue weighted by molar-refractivity contribution is 5.85. The van der Waals surface area contributed by atoms with E-state index in [0.717, 1.165) is 18.4 Å². The van der Waals surface area contributed by atoms with Crippen LogP contribution in [0.25, 0.3) is 0 Å². The van der Waals surface area contributed by atoms with Gasteiger partial charge in [-0.05, 0) is 18.4 Å². The van der Waals surface area contributed by atoms with Crippen LogP contribution in [0.1, 0.15) is 38.2 Å². The molecule has 5 nitrogen and oxygen atoms in total. The number of halogens is 1. The van der Waals surface area contributed by atoms with Crippen molar-refractivity contribution < 1.29 is 9.59 Å². The predicted molar refractivity (Wildman–Crippen MR) is 98.1 cm³/mol. The molecule has 1 unspecified atom stereocenters. The molecule has 0 spiro atoms. The number of benzene rings is 1. The summed E-state index contributed by atoms with van der Waals surface area (Å²) in [5, 5.41) is 3.05. The highest BCUT2D eigenvalue weighted by Crippen LogP contribution is 2.20. The highest BCUT2D eigenvalue weighted by atomic mass is 35.5. The van der Waals surface area contributed by atoms with E-state index in [9.17, 15) is 9.59 Å². The van der Waals surface area contributed by atoms with Gasteiger partial charge in [0.2, 0.25) is 11.8 Å². The lowest BCUT2D eigenvalue weighted by molar-refractivity contribution is -0.133. The molecule has 1 aromatic carbocycles. The maximum Gasteiger partial charge on any atom is 0.231 e. The normalized spacial score (nSPS) is 16.4. The first-order valence-corrected chi connectivity index (χ1v) is 8.37. The van der Waals surface area contributed by atoms with Gasteiger partial charge in [0.1, 0.15) is 0 Å². The van der Waals surface area contributed by atoms with Crippen molar-refractivity contribution in [1.82, 2.24) is 10.2 Å². The van der Waals surface area contributed by atoms with Gasteiger partial charge in [0.25, 0.3) is 0 Å². The molecule has 2 amide bonds. The van der Waals surface area contributed by atoms with Crippen LogP contribution >= 0.6 is 12.4 Å². The molecule has 0 aliphatic carbocycles. The van der Waals surface area contributed by atoms with E-state index in [1.54, 1.807) is 0 Å². The molecule has 0 saturated carbocycles. The fourth-order valence-corrected chi connectivity index (χ4v) is 2.90. The molecule has 2 rings (SSSR count). The summed E-state index contributed by atoms with van der Waals surface area (Å²) >= 11 is 0. The number of amides is 2. The van der Waals surface area contributed by atoms with Gasteiger partial charge >= 0.3 is 0 Å². The Bertz CT molecular complexity index is 528. The van der Waals surface area contributed by atoms with Crippen LogP contribution in [0.15, 0.2) is 30.3 Å². The lowest BCUT2D eigenvalue weighted by Gasteiger charge is -2.34. The molecule has 0 radical (unpaired) electrons. The molecule has 1 heterocycles. The first-order valence-electron chi connectivity index (χ1n) is 8.37. The summed E-state index contributed by atoms with van der Waals surface area (Å²) < 4.78 is 0. The van der Waals surface area contributed by atoms with Gasteiger partial charge in [-0.15, -0.1) is 12.4 Å². The summed E-state index contributed by atoms with van der Waals surface area (Å²) in [6.07, 6.45) is 1.60. The molecule has 0 bridgehead atoms. The van der Waals surface area contributed by atoms with Gasteiger partial charge in [-0.2, -0.15) is 0 Å². The Labute approximate surface area is 150 Å². The molecule has 1 atom stereocenters. The van der Waals surface area contributed by atoms with Gasteiger partial charge in [-0.3, -0.25) is 9.59 Å². The molecule has 24 heavy (non-hydrogen) atoms. The number of hydrogen-bond donors (Lipinski definition) is 2. The van der Waals surface area contributed by atoms with Gasteiger partial charge in [-0.1, -0.05) is 44.2 Å². The lowest BCUT2D eigenvalue weighted by atomic mass is 9.95. The average Bonchev–Trinajstić information content (AvgIpc) is 2.57. The van der Waals surface area contributed by atoms with Gasteiger partial charge in [0, 0.05) is 31.6 Å². The summed E-state index contributed by atoms with van der Waals surface area (Å²) in [6.45, 7) is 5.43. The second kappa shape index (κ2) is 9.64. The molecule has 134 valence electrons. The van der Waals surface area contributed by atoms with E-state index in [4.69, 9.17) is 5.73 Å². The summed E-state index contributed by atoms with van der Waals surface area (Å²) in [5.74, 6) is -0.112. The van der Waals surface area contributed by atoms with Crippen molar-refractivity contribution in [3.8, 4) is 0 Å². The van der Waals surface area contributed by atoms with Crippen molar-refractivity contribution in [2.75, 3.05) is 19.6 Å². The molecule has 1 fully saturated rings. The number of carbonyl (C=O) groups is 2. The van der Waals surface area contributed by atoms with Crippen molar-refractivity contribution in [1.29, 1.82) is 0 Å². The second-order valence-corrected chi connectivity index (χ2v) is 6.46. The smallest absolute Gasteiger partial charge is 0.231 e. The fraction of sp³-hybridized carbons (Fsp3) is 0.556. The monoisotopic (exact) mass is 353 g/mol. The summed E-state index contributed by atoms with van der Waals surface area (Å²) in [5.41, 5.74) is 6.80. The van der Waals surface area contributed by atoms with Crippen molar-refractivity contribution in [2.24, 2.45) is 11.7 Å². The van der Waals surface area contributed by atoms with Gasteiger partial charge < -0.3 is 16.0 Å². The zero-order valence-corrected chi connectivity index (χ0v) is 15.2. The van der Waals surface area contributed by atoms with E-state index < -0.39 is 0 Å². The van der Waals surface area contributed by atoms with E-state index in [2.05, 4.69) is 5.32 Å². The second-order valence-electron chi connectivity index (χ2n) is 6.46. The van der Waals surface area contributed by atoms with Crippen LogP contribution in [0, 0.1) is 5.92 Å².